The first-order chi connectivity index (χ1) is 9.99. The van der Waals surface area contributed by atoms with Crippen LogP contribution < -0.4 is 15.8 Å². The number of primary amides is 1. The lowest BCUT2D eigenvalue weighted by Crippen LogP contribution is -2.14. The van der Waals surface area contributed by atoms with Gasteiger partial charge in [0.1, 0.15) is 5.56 Å². The molecule has 2 amide bonds. The van der Waals surface area contributed by atoms with Crippen LogP contribution in [0, 0.1) is 0 Å². The van der Waals surface area contributed by atoms with Crippen LogP contribution >= 0.6 is 0 Å². The largest absolute Gasteiger partial charge is 0.479 e. The number of amides is 2. The molecule has 21 heavy (non-hydrogen) atoms. The highest BCUT2D eigenvalue weighted by molar-refractivity contribution is 6.05. The van der Waals surface area contributed by atoms with Crippen molar-refractivity contribution in [1.29, 1.82) is 0 Å². The topological polar surface area (TPSA) is 99.2 Å². The fraction of sp³-hybridized carbons (Fsp3) is 0.214. The van der Waals surface area contributed by atoms with Crippen LogP contribution in [0.1, 0.15) is 15.9 Å². The molecule has 1 aromatic heterocycles. The van der Waals surface area contributed by atoms with E-state index in [2.05, 4.69) is 10.4 Å². The molecular formula is C14H16N4O3. The third-order valence-electron chi connectivity index (χ3n) is 2.82. The molecule has 1 aromatic carbocycles. The van der Waals surface area contributed by atoms with Crippen molar-refractivity contribution < 1.29 is 14.3 Å². The number of carbonyl (C=O) groups excluding carboxylic acids is 2. The summed E-state index contributed by atoms with van der Waals surface area (Å²) in [7, 11) is 3.16. The van der Waals surface area contributed by atoms with Crippen LogP contribution in [-0.2, 0) is 18.3 Å². The summed E-state index contributed by atoms with van der Waals surface area (Å²) in [5.41, 5.74) is 6.87. The zero-order valence-electron chi connectivity index (χ0n) is 11.8. The number of ether oxygens (including phenoxy) is 1. The maximum atomic E-state index is 12.2. The molecule has 0 aliphatic carbocycles. The van der Waals surface area contributed by atoms with E-state index in [4.69, 9.17) is 10.5 Å². The van der Waals surface area contributed by atoms with Gasteiger partial charge in [-0.25, -0.2) is 0 Å². The van der Waals surface area contributed by atoms with Crippen LogP contribution in [0.5, 0.6) is 5.88 Å². The van der Waals surface area contributed by atoms with Crippen LogP contribution in [0.2, 0.25) is 0 Å². The van der Waals surface area contributed by atoms with Crippen molar-refractivity contribution in [2.45, 2.75) is 6.42 Å². The zero-order valence-corrected chi connectivity index (χ0v) is 11.8. The highest BCUT2D eigenvalue weighted by Crippen LogP contribution is 2.17. The van der Waals surface area contributed by atoms with E-state index in [9.17, 15) is 9.59 Å². The van der Waals surface area contributed by atoms with Gasteiger partial charge in [0.25, 0.3) is 5.91 Å². The van der Waals surface area contributed by atoms with E-state index in [1.165, 1.54) is 11.8 Å². The van der Waals surface area contributed by atoms with Crippen LogP contribution in [-0.4, -0.2) is 28.7 Å². The monoisotopic (exact) mass is 288 g/mol. The predicted octanol–water partition coefficient (Wildman–Crippen LogP) is 0.709. The Balaban J connectivity index is 2.10. The Morgan fingerprint density at radius 1 is 1.33 bits per heavy atom. The standard InChI is InChI=1S/C14H16N4O3/c1-18-8-11(14(17-18)21-2)13(20)16-10-5-3-9(4-6-10)7-12(15)19/h3-6,8H,7H2,1-2H3,(H2,15,19)(H,16,20). The van der Waals surface area contributed by atoms with E-state index in [1.54, 1.807) is 37.5 Å². The Hall–Kier alpha value is -2.83. The van der Waals surface area contributed by atoms with Gasteiger partial charge < -0.3 is 15.8 Å². The molecular weight excluding hydrogens is 272 g/mol. The zero-order chi connectivity index (χ0) is 15.4. The van der Waals surface area contributed by atoms with Gasteiger partial charge in [0.2, 0.25) is 11.8 Å². The number of methoxy groups -OCH3 is 1. The second-order valence-electron chi connectivity index (χ2n) is 4.52. The minimum Gasteiger partial charge on any atom is -0.479 e. The number of hydrogen-bond donors (Lipinski definition) is 2. The fourth-order valence-corrected chi connectivity index (χ4v) is 1.88. The van der Waals surface area contributed by atoms with Crippen molar-refractivity contribution in [3.05, 3.63) is 41.6 Å². The van der Waals surface area contributed by atoms with Gasteiger partial charge in [-0.1, -0.05) is 12.1 Å². The third kappa shape index (κ3) is 3.59. The van der Waals surface area contributed by atoms with Gasteiger partial charge in [-0.3, -0.25) is 14.3 Å². The summed E-state index contributed by atoms with van der Waals surface area (Å²) in [6, 6.07) is 6.89. The summed E-state index contributed by atoms with van der Waals surface area (Å²) in [6.07, 6.45) is 1.75. The molecule has 0 saturated carbocycles. The maximum Gasteiger partial charge on any atom is 0.262 e. The summed E-state index contributed by atoms with van der Waals surface area (Å²) >= 11 is 0. The Kier molecular flexibility index (Phi) is 4.22. The quantitative estimate of drug-likeness (QED) is 0.846. The van der Waals surface area contributed by atoms with Gasteiger partial charge in [-0.2, -0.15) is 0 Å². The first-order valence-electron chi connectivity index (χ1n) is 6.26. The molecule has 7 heteroatoms. The Bertz CT molecular complexity index is 661. The van der Waals surface area contributed by atoms with Gasteiger partial charge in [0.05, 0.1) is 13.5 Å². The average Bonchev–Trinajstić information content (AvgIpc) is 2.82. The third-order valence-corrected chi connectivity index (χ3v) is 2.82. The minimum absolute atomic E-state index is 0.171. The SMILES string of the molecule is COc1nn(C)cc1C(=O)Nc1ccc(CC(N)=O)cc1. The molecule has 1 heterocycles. The van der Waals surface area contributed by atoms with Crippen molar-refractivity contribution >= 4 is 17.5 Å². The van der Waals surface area contributed by atoms with E-state index >= 15 is 0 Å². The van der Waals surface area contributed by atoms with Crippen LogP contribution in [0.4, 0.5) is 5.69 Å². The van der Waals surface area contributed by atoms with Gasteiger partial charge in [-0.15, -0.1) is 5.10 Å². The highest BCUT2D eigenvalue weighted by Gasteiger charge is 2.16. The normalized spacial score (nSPS) is 10.2. The second kappa shape index (κ2) is 6.08. The van der Waals surface area contributed by atoms with Gasteiger partial charge in [0, 0.05) is 18.9 Å². The molecule has 0 atom stereocenters. The summed E-state index contributed by atoms with van der Waals surface area (Å²) in [5, 5.41) is 6.76. The fourth-order valence-electron chi connectivity index (χ4n) is 1.88. The number of anilines is 1. The summed E-state index contributed by atoms with van der Waals surface area (Å²) in [6.45, 7) is 0. The molecule has 0 spiro atoms. The molecule has 0 aliphatic rings. The smallest absolute Gasteiger partial charge is 0.262 e. The number of hydrogen-bond acceptors (Lipinski definition) is 4. The summed E-state index contributed by atoms with van der Waals surface area (Å²) < 4.78 is 6.55. The number of nitrogens with one attached hydrogen (secondary N) is 1. The van der Waals surface area contributed by atoms with Crippen molar-refractivity contribution in [3.8, 4) is 5.88 Å². The number of aryl methyl sites for hydroxylation is 1. The Morgan fingerprint density at radius 2 is 2.00 bits per heavy atom. The maximum absolute atomic E-state index is 12.2. The van der Waals surface area contributed by atoms with Gasteiger partial charge in [0.15, 0.2) is 0 Å². The lowest BCUT2D eigenvalue weighted by molar-refractivity contribution is -0.117. The second-order valence-corrected chi connectivity index (χ2v) is 4.52. The van der Waals surface area contributed by atoms with E-state index in [1.807, 2.05) is 0 Å². The molecule has 0 fully saturated rings. The number of nitrogens with two attached hydrogens (primary N) is 1. The highest BCUT2D eigenvalue weighted by atomic mass is 16.5. The van der Waals surface area contributed by atoms with Crippen LogP contribution in [0.25, 0.3) is 0 Å². The molecule has 7 nitrogen and oxygen atoms in total. The average molecular weight is 288 g/mol. The molecule has 3 N–H and O–H groups in total. The molecule has 2 aromatic rings. The summed E-state index contributed by atoms with van der Waals surface area (Å²) in [5.74, 6) is -0.449. The molecule has 2 rings (SSSR count). The van der Waals surface area contributed by atoms with Gasteiger partial charge in [-0.05, 0) is 17.7 Å². The van der Waals surface area contributed by atoms with E-state index in [0.29, 0.717) is 11.3 Å². The number of nitrogens with zero attached hydrogens (tertiary/aromatic N) is 2. The number of carbonyl (C=O) groups is 2. The van der Waals surface area contributed by atoms with Crippen molar-refractivity contribution in [2.75, 3.05) is 12.4 Å². The lowest BCUT2D eigenvalue weighted by Gasteiger charge is -2.05. The Morgan fingerprint density at radius 3 is 2.57 bits per heavy atom. The summed E-state index contributed by atoms with van der Waals surface area (Å²) in [4.78, 5) is 23.0. The van der Waals surface area contributed by atoms with Crippen molar-refractivity contribution in [3.63, 3.8) is 0 Å². The lowest BCUT2D eigenvalue weighted by atomic mass is 10.1. The molecule has 0 aliphatic heterocycles. The van der Waals surface area contributed by atoms with Crippen LogP contribution in [0.3, 0.4) is 0 Å². The Labute approximate surface area is 121 Å². The molecule has 0 radical (unpaired) electrons. The van der Waals surface area contributed by atoms with E-state index in [-0.39, 0.29) is 18.2 Å². The van der Waals surface area contributed by atoms with Gasteiger partial charge >= 0.3 is 0 Å². The minimum atomic E-state index is -0.396. The van der Waals surface area contributed by atoms with E-state index < -0.39 is 5.91 Å². The number of aromatic nitrogens is 2. The van der Waals surface area contributed by atoms with Crippen molar-refractivity contribution in [2.24, 2.45) is 12.8 Å². The first kappa shape index (κ1) is 14.6. The van der Waals surface area contributed by atoms with Crippen molar-refractivity contribution in [1.82, 2.24) is 9.78 Å². The molecule has 0 saturated heterocycles. The predicted molar refractivity (Wildman–Crippen MR) is 77.1 cm³/mol. The van der Waals surface area contributed by atoms with E-state index in [0.717, 1.165) is 5.56 Å². The number of benzene rings is 1. The first-order valence-corrected chi connectivity index (χ1v) is 6.26. The molecule has 0 unspecified atom stereocenters. The molecule has 110 valence electrons. The van der Waals surface area contributed by atoms with Crippen LogP contribution in [0.15, 0.2) is 30.5 Å². The molecule has 0 bridgehead atoms. The number of rotatable bonds is 5.